The van der Waals surface area contributed by atoms with Gasteiger partial charge in [-0.15, -0.1) is 0 Å². The van der Waals surface area contributed by atoms with Crippen molar-refractivity contribution in [1.82, 2.24) is 9.97 Å². The molecule has 1 aromatic carbocycles. The summed E-state index contributed by atoms with van der Waals surface area (Å²) < 4.78 is 0. The van der Waals surface area contributed by atoms with Crippen molar-refractivity contribution >= 4 is 11.5 Å². The van der Waals surface area contributed by atoms with Gasteiger partial charge in [0.05, 0.1) is 28.7 Å². The molecule has 5 nitrogen and oxygen atoms in total. The molecule has 0 aliphatic heterocycles. The van der Waals surface area contributed by atoms with E-state index in [1.54, 1.807) is 18.3 Å². The van der Waals surface area contributed by atoms with E-state index < -0.39 is 0 Å². The number of nitrogens with one attached hydrogen (secondary N) is 1. The van der Waals surface area contributed by atoms with Gasteiger partial charge in [0, 0.05) is 6.20 Å². The molecule has 0 unspecified atom stereocenters. The van der Waals surface area contributed by atoms with E-state index in [1.165, 1.54) is 6.07 Å². The molecule has 0 aliphatic rings. The number of nitrogens with zero attached hydrogens (tertiary/aromatic N) is 3. The van der Waals surface area contributed by atoms with E-state index in [9.17, 15) is 5.11 Å². The van der Waals surface area contributed by atoms with Gasteiger partial charge in [0.15, 0.2) is 5.82 Å². The van der Waals surface area contributed by atoms with Gasteiger partial charge in [-0.3, -0.25) is 4.98 Å². The summed E-state index contributed by atoms with van der Waals surface area (Å²) in [4.78, 5) is 8.47. The molecule has 1 heterocycles. The van der Waals surface area contributed by atoms with Crippen molar-refractivity contribution in [1.29, 1.82) is 5.26 Å². The lowest BCUT2D eigenvalue weighted by atomic mass is 10.2. The van der Waals surface area contributed by atoms with Crippen molar-refractivity contribution in [2.24, 2.45) is 0 Å². The quantitative estimate of drug-likeness (QED) is 0.788. The molecule has 0 aliphatic carbocycles. The molecule has 2 aromatic rings. The predicted molar refractivity (Wildman–Crippen MR) is 67.6 cm³/mol. The van der Waals surface area contributed by atoms with Gasteiger partial charge in [0.2, 0.25) is 0 Å². The third kappa shape index (κ3) is 2.38. The van der Waals surface area contributed by atoms with Crippen LogP contribution in [0.15, 0.2) is 24.4 Å². The van der Waals surface area contributed by atoms with Crippen molar-refractivity contribution in [3.05, 3.63) is 41.3 Å². The Labute approximate surface area is 105 Å². The molecule has 0 atom stereocenters. The minimum atomic E-state index is 0.0664. The fourth-order valence-electron chi connectivity index (χ4n) is 1.49. The van der Waals surface area contributed by atoms with Crippen LogP contribution in [0.4, 0.5) is 11.5 Å². The lowest BCUT2D eigenvalue weighted by Crippen LogP contribution is -2.00. The second-order valence-electron chi connectivity index (χ2n) is 3.91. The Kier molecular flexibility index (Phi) is 3.11. The first-order valence-corrected chi connectivity index (χ1v) is 5.40. The Bertz CT molecular complexity index is 631. The minimum Gasteiger partial charge on any atom is -0.506 e. The molecular weight excluding hydrogens is 228 g/mol. The lowest BCUT2D eigenvalue weighted by molar-refractivity contribution is 0.477. The van der Waals surface area contributed by atoms with Crippen LogP contribution in [0.5, 0.6) is 5.75 Å². The van der Waals surface area contributed by atoms with Crippen LogP contribution < -0.4 is 5.32 Å². The number of rotatable bonds is 2. The van der Waals surface area contributed by atoms with Crippen molar-refractivity contribution in [2.45, 2.75) is 13.8 Å². The summed E-state index contributed by atoms with van der Waals surface area (Å²) in [5, 5.41) is 21.5. The van der Waals surface area contributed by atoms with Crippen LogP contribution in [-0.4, -0.2) is 15.1 Å². The summed E-state index contributed by atoms with van der Waals surface area (Å²) in [6.07, 6.45) is 1.67. The number of benzene rings is 1. The number of hydrogen-bond acceptors (Lipinski definition) is 5. The van der Waals surface area contributed by atoms with Gasteiger partial charge in [-0.05, 0) is 32.0 Å². The van der Waals surface area contributed by atoms with Crippen LogP contribution in [0.25, 0.3) is 0 Å². The minimum absolute atomic E-state index is 0.0664. The third-order valence-corrected chi connectivity index (χ3v) is 2.45. The molecule has 0 amide bonds. The van der Waals surface area contributed by atoms with Crippen LogP contribution in [0.3, 0.4) is 0 Å². The standard InChI is InChI=1S/C13H12N4O/c1-8-7-15-9(2)13(16-8)17-11-5-10(6-14)3-4-12(11)18/h3-5,7,18H,1-2H3,(H,16,17). The van der Waals surface area contributed by atoms with E-state index in [2.05, 4.69) is 15.3 Å². The smallest absolute Gasteiger partial charge is 0.152 e. The highest BCUT2D eigenvalue weighted by Gasteiger charge is 2.07. The molecule has 1 aromatic heterocycles. The maximum atomic E-state index is 9.73. The molecule has 2 N–H and O–H groups in total. The summed E-state index contributed by atoms with van der Waals surface area (Å²) in [7, 11) is 0. The van der Waals surface area contributed by atoms with Crippen molar-refractivity contribution in [3.63, 3.8) is 0 Å². The fraction of sp³-hybridized carbons (Fsp3) is 0.154. The molecule has 18 heavy (non-hydrogen) atoms. The summed E-state index contributed by atoms with van der Waals surface area (Å²) in [5.41, 5.74) is 2.41. The number of nitriles is 1. The number of aromatic hydroxyl groups is 1. The van der Waals surface area contributed by atoms with Crippen LogP contribution in [-0.2, 0) is 0 Å². The molecule has 5 heteroatoms. The molecule has 0 saturated carbocycles. The van der Waals surface area contributed by atoms with Gasteiger partial charge in [-0.25, -0.2) is 4.98 Å². The topological polar surface area (TPSA) is 81.8 Å². The Morgan fingerprint density at radius 1 is 1.33 bits per heavy atom. The van der Waals surface area contributed by atoms with E-state index in [0.29, 0.717) is 17.1 Å². The maximum Gasteiger partial charge on any atom is 0.152 e. The number of anilines is 2. The second-order valence-corrected chi connectivity index (χ2v) is 3.91. The number of aryl methyl sites for hydroxylation is 2. The molecule has 0 spiro atoms. The highest BCUT2D eigenvalue weighted by Crippen LogP contribution is 2.27. The molecule has 0 radical (unpaired) electrons. The third-order valence-electron chi connectivity index (χ3n) is 2.45. The lowest BCUT2D eigenvalue weighted by Gasteiger charge is -2.10. The van der Waals surface area contributed by atoms with E-state index in [0.717, 1.165) is 11.4 Å². The predicted octanol–water partition coefficient (Wildman–Crippen LogP) is 2.41. The highest BCUT2D eigenvalue weighted by molar-refractivity contribution is 5.66. The maximum absolute atomic E-state index is 9.73. The first kappa shape index (κ1) is 11.9. The van der Waals surface area contributed by atoms with Gasteiger partial charge in [-0.1, -0.05) is 0 Å². The average molecular weight is 240 g/mol. The summed E-state index contributed by atoms with van der Waals surface area (Å²) in [6, 6.07) is 6.61. The Morgan fingerprint density at radius 2 is 2.11 bits per heavy atom. The fourth-order valence-corrected chi connectivity index (χ4v) is 1.49. The Balaban J connectivity index is 2.39. The second kappa shape index (κ2) is 4.72. The normalized spacial score (nSPS) is 9.83. The van der Waals surface area contributed by atoms with Gasteiger partial charge < -0.3 is 10.4 Å². The van der Waals surface area contributed by atoms with Crippen LogP contribution in [0.2, 0.25) is 0 Å². The Morgan fingerprint density at radius 3 is 2.83 bits per heavy atom. The van der Waals surface area contributed by atoms with E-state index in [4.69, 9.17) is 5.26 Å². The van der Waals surface area contributed by atoms with E-state index in [1.807, 2.05) is 19.9 Å². The monoisotopic (exact) mass is 240 g/mol. The Hall–Kier alpha value is -2.61. The van der Waals surface area contributed by atoms with Crippen molar-refractivity contribution in [2.75, 3.05) is 5.32 Å². The first-order chi connectivity index (χ1) is 8.60. The van der Waals surface area contributed by atoms with Crippen LogP contribution in [0.1, 0.15) is 17.0 Å². The summed E-state index contributed by atoms with van der Waals surface area (Å²) in [5.74, 6) is 0.636. The van der Waals surface area contributed by atoms with Crippen molar-refractivity contribution < 1.29 is 5.11 Å². The molecule has 0 saturated heterocycles. The zero-order chi connectivity index (χ0) is 13.1. The molecule has 2 rings (SSSR count). The van der Waals surface area contributed by atoms with E-state index >= 15 is 0 Å². The highest BCUT2D eigenvalue weighted by atomic mass is 16.3. The average Bonchev–Trinajstić information content (AvgIpc) is 2.36. The molecule has 0 fully saturated rings. The number of aromatic nitrogens is 2. The zero-order valence-corrected chi connectivity index (χ0v) is 10.1. The van der Waals surface area contributed by atoms with Gasteiger partial charge in [0.25, 0.3) is 0 Å². The van der Waals surface area contributed by atoms with Gasteiger partial charge in [0.1, 0.15) is 5.75 Å². The van der Waals surface area contributed by atoms with Gasteiger partial charge >= 0.3 is 0 Å². The van der Waals surface area contributed by atoms with Crippen LogP contribution in [0, 0.1) is 25.2 Å². The van der Waals surface area contributed by atoms with Gasteiger partial charge in [-0.2, -0.15) is 5.26 Å². The van der Waals surface area contributed by atoms with Crippen LogP contribution >= 0.6 is 0 Å². The summed E-state index contributed by atoms with van der Waals surface area (Å²) >= 11 is 0. The largest absolute Gasteiger partial charge is 0.506 e. The van der Waals surface area contributed by atoms with E-state index in [-0.39, 0.29) is 5.75 Å². The zero-order valence-electron chi connectivity index (χ0n) is 10.1. The van der Waals surface area contributed by atoms with Crippen molar-refractivity contribution in [3.8, 4) is 11.8 Å². The SMILES string of the molecule is Cc1cnc(C)c(Nc2cc(C#N)ccc2O)n1. The number of phenols is 1. The number of phenolic OH excluding ortho intramolecular Hbond substituents is 1. The summed E-state index contributed by atoms with van der Waals surface area (Å²) in [6.45, 7) is 3.66. The molecular formula is C13H12N4O. The number of hydrogen-bond donors (Lipinski definition) is 2. The first-order valence-electron chi connectivity index (χ1n) is 5.40. The molecule has 0 bridgehead atoms. The molecule has 90 valence electrons.